The van der Waals surface area contributed by atoms with Crippen molar-refractivity contribution in [2.45, 2.75) is 44.5 Å². The number of carbonyl (C=O) groups is 2. The molecule has 3 aliphatic heterocycles. The molecule has 146 valence electrons. The number of hydrogen-bond acceptors (Lipinski definition) is 5. The van der Waals surface area contributed by atoms with Crippen LogP contribution in [0.2, 0.25) is 0 Å². The second-order valence-corrected chi connectivity index (χ2v) is 7.74. The maximum absolute atomic E-state index is 13.1. The largest absolute Gasteiger partial charge is 0.353 e. The first-order valence-corrected chi connectivity index (χ1v) is 9.72. The van der Waals surface area contributed by atoms with E-state index in [2.05, 4.69) is 5.10 Å². The molecule has 4 heterocycles. The summed E-state index contributed by atoms with van der Waals surface area (Å²) >= 11 is 0. The number of benzene rings is 1. The van der Waals surface area contributed by atoms with Gasteiger partial charge < -0.3 is 14.5 Å². The Kier molecular flexibility index (Phi) is 3.80. The standard InChI is InChI=1S/C20H22N4O4/c1-13-14-5-2-3-6-15(14)19(27)24(21-13)12-18(26)22-9-7-20-16(22)11-17(25)23(20)8-4-10-28-20/h2-3,5-6,16H,4,7-12H2,1H3/t16-,20+/m1/s1. The molecular weight excluding hydrogens is 360 g/mol. The molecule has 0 bridgehead atoms. The second kappa shape index (κ2) is 6.13. The molecule has 8 heteroatoms. The Hall–Kier alpha value is -2.74. The molecule has 3 aliphatic rings. The molecule has 0 aliphatic carbocycles. The number of hydrogen-bond donors (Lipinski definition) is 0. The molecule has 0 N–H and O–H groups in total. The lowest BCUT2D eigenvalue weighted by Gasteiger charge is -2.42. The molecule has 0 unspecified atom stereocenters. The SMILES string of the molecule is Cc1nn(CC(=O)N2CC[C@@]34OCCCN3C(=O)C[C@@H]24)c(=O)c2ccccc12. The van der Waals surface area contributed by atoms with E-state index in [0.717, 1.165) is 11.8 Å². The average molecular weight is 382 g/mol. The molecule has 5 rings (SSSR count). The highest BCUT2D eigenvalue weighted by atomic mass is 16.5. The molecule has 1 aromatic carbocycles. The molecule has 8 nitrogen and oxygen atoms in total. The molecule has 2 amide bonds. The summed E-state index contributed by atoms with van der Waals surface area (Å²) in [5.74, 6) is -0.158. The first-order chi connectivity index (χ1) is 13.5. The van der Waals surface area contributed by atoms with E-state index in [4.69, 9.17) is 4.74 Å². The van der Waals surface area contributed by atoms with Gasteiger partial charge in [-0.05, 0) is 19.4 Å². The Labute approximate surface area is 161 Å². The van der Waals surface area contributed by atoms with E-state index in [1.807, 2.05) is 19.1 Å². The van der Waals surface area contributed by atoms with Crippen molar-refractivity contribution in [1.29, 1.82) is 0 Å². The maximum atomic E-state index is 13.1. The summed E-state index contributed by atoms with van der Waals surface area (Å²) in [5, 5.41) is 5.69. The maximum Gasteiger partial charge on any atom is 0.275 e. The monoisotopic (exact) mass is 382 g/mol. The van der Waals surface area contributed by atoms with Crippen molar-refractivity contribution < 1.29 is 14.3 Å². The third-order valence-electron chi connectivity index (χ3n) is 6.27. The minimum Gasteiger partial charge on any atom is -0.353 e. The Balaban J connectivity index is 1.44. The molecular formula is C20H22N4O4. The minimum atomic E-state index is -0.678. The van der Waals surface area contributed by atoms with Gasteiger partial charge in [-0.1, -0.05) is 18.2 Å². The molecule has 2 atom stereocenters. The van der Waals surface area contributed by atoms with Crippen LogP contribution >= 0.6 is 0 Å². The van der Waals surface area contributed by atoms with E-state index < -0.39 is 5.72 Å². The van der Waals surface area contributed by atoms with Gasteiger partial charge in [-0.3, -0.25) is 14.4 Å². The summed E-state index contributed by atoms with van der Waals surface area (Å²) in [7, 11) is 0. The normalized spacial score (nSPS) is 26.6. The van der Waals surface area contributed by atoms with Crippen LogP contribution in [0.3, 0.4) is 0 Å². The number of aryl methyl sites for hydroxylation is 1. The van der Waals surface area contributed by atoms with E-state index in [1.54, 1.807) is 21.9 Å². The summed E-state index contributed by atoms with van der Waals surface area (Å²) in [6, 6.07) is 6.99. The summed E-state index contributed by atoms with van der Waals surface area (Å²) in [5.41, 5.74) is -0.247. The molecule has 3 fully saturated rings. The molecule has 1 spiro atoms. The van der Waals surface area contributed by atoms with Gasteiger partial charge in [0.1, 0.15) is 6.54 Å². The second-order valence-electron chi connectivity index (χ2n) is 7.74. The molecule has 3 saturated heterocycles. The summed E-state index contributed by atoms with van der Waals surface area (Å²) in [6.45, 7) is 3.51. The van der Waals surface area contributed by atoms with Crippen LogP contribution in [0.15, 0.2) is 29.1 Å². The summed E-state index contributed by atoms with van der Waals surface area (Å²) in [6.07, 6.45) is 1.73. The van der Waals surface area contributed by atoms with Crippen molar-refractivity contribution in [1.82, 2.24) is 19.6 Å². The lowest BCUT2D eigenvalue weighted by atomic mass is 10.0. The van der Waals surface area contributed by atoms with E-state index in [9.17, 15) is 14.4 Å². The third-order valence-corrected chi connectivity index (χ3v) is 6.27. The van der Waals surface area contributed by atoms with Crippen molar-refractivity contribution >= 4 is 22.6 Å². The number of carbonyl (C=O) groups excluding carboxylic acids is 2. The highest BCUT2D eigenvalue weighted by Gasteiger charge is 2.61. The number of ether oxygens (including phenoxy) is 1. The van der Waals surface area contributed by atoms with Crippen molar-refractivity contribution in [2.75, 3.05) is 19.7 Å². The zero-order valence-electron chi connectivity index (χ0n) is 15.8. The average Bonchev–Trinajstić information content (AvgIpc) is 3.18. The molecule has 2 aromatic rings. The van der Waals surface area contributed by atoms with E-state index in [0.29, 0.717) is 37.2 Å². The van der Waals surface area contributed by atoms with Gasteiger partial charge in [-0.25, -0.2) is 4.68 Å². The van der Waals surface area contributed by atoms with Crippen molar-refractivity contribution in [3.8, 4) is 0 Å². The van der Waals surface area contributed by atoms with Gasteiger partial charge in [-0.15, -0.1) is 0 Å². The van der Waals surface area contributed by atoms with E-state index in [-0.39, 0.29) is 36.4 Å². The van der Waals surface area contributed by atoms with Gasteiger partial charge in [0.25, 0.3) is 5.56 Å². The Morgan fingerprint density at radius 2 is 2.04 bits per heavy atom. The van der Waals surface area contributed by atoms with Crippen LogP contribution in [0.5, 0.6) is 0 Å². The first kappa shape index (κ1) is 17.4. The predicted octanol–water partition coefficient (Wildman–Crippen LogP) is 0.655. The van der Waals surface area contributed by atoms with Gasteiger partial charge in [-0.2, -0.15) is 5.10 Å². The van der Waals surface area contributed by atoms with E-state index in [1.165, 1.54) is 4.68 Å². The number of fused-ring (bicyclic) bond motifs is 1. The van der Waals surface area contributed by atoms with Gasteiger partial charge in [0.2, 0.25) is 11.8 Å². The number of rotatable bonds is 2. The summed E-state index contributed by atoms with van der Waals surface area (Å²) in [4.78, 5) is 41.8. The predicted molar refractivity (Wildman–Crippen MR) is 100 cm³/mol. The van der Waals surface area contributed by atoms with E-state index >= 15 is 0 Å². The number of aromatic nitrogens is 2. The lowest BCUT2D eigenvalue weighted by Crippen LogP contribution is -2.56. The van der Waals surface area contributed by atoms with Crippen molar-refractivity contribution in [3.05, 3.63) is 40.3 Å². The number of nitrogens with zero attached hydrogens (tertiary/aromatic N) is 4. The smallest absolute Gasteiger partial charge is 0.275 e. The van der Waals surface area contributed by atoms with Crippen LogP contribution < -0.4 is 5.56 Å². The van der Waals surface area contributed by atoms with Gasteiger partial charge >= 0.3 is 0 Å². The number of amides is 2. The van der Waals surface area contributed by atoms with Gasteiger partial charge in [0.15, 0.2) is 5.72 Å². The lowest BCUT2D eigenvalue weighted by molar-refractivity contribution is -0.181. The highest BCUT2D eigenvalue weighted by molar-refractivity contribution is 5.85. The third kappa shape index (κ3) is 2.33. The first-order valence-electron chi connectivity index (χ1n) is 9.72. The van der Waals surface area contributed by atoms with Crippen LogP contribution in [-0.4, -0.2) is 62.9 Å². The fraction of sp³-hybridized carbons (Fsp3) is 0.500. The van der Waals surface area contributed by atoms with Crippen LogP contribution in [0.25, 0.3) is 10.8 Å². The van der Waals surface area contributed by atoms with Crippen LogP contribution in [-0.2, 0) is 20.9 Å². The summed E-state index contributed by atoms with van der Waals surface area (Å²) < 4.78 is 7.28. The van der Waals surface area contributed by atoms with Gasteiger partial charge in [0.05, 0.1) is 30.1 Å². The topological polar surface area (TPSA) is 84.7 Å². The Morgan fingerprint density at radius 1 is 1.25 bits per heavy atom. The molecule has 28 heavy (non-hydrogen) atoms. The van der Waals surface area contributed by atoms with Crippen molar-refractivity contribution in [3.63, 3.8) is 0 Å². The molecule has 1 aromatic heterocycles. The molecule has 0 radical (unpaired) electrons. The molecule has 0 saturated carbocycles. The van der Waals surface area contributed by atoms with Crippen LogP contribution in [0.1, 0.15) is 25.0 Å². The fourth-order valence-corrected chi connectivity index (χ4v) is 4.98. The zero-order valence-corrected chi connectivity index (χ0v) is 15.8. The van der Waals surface area contributed by atoms with Crippen molar-refractivity contribution in [2.24, 2.45) is 0 Å². The minimum absolute atomic E-state index is 0.0408. The highest BCUT2D eigenvalue weighted by Crippen LogP contribution is 2.44. The Bertz CT molecular complexity index is 1050. The quantitative estimate of drug-likeness (QED) is 0.762. The fourth-order valence-electron chi connectivity index (χ4n) is 4.98. The van der Waals surface area contributed by atoms with Crippen LogP contribution in [0, 0.1) is 6.92 Å². The zero-order chi connectivity index (χ0) is 19.5. The van der Waals surface area contributed by atoms with Gasteiger partial charge in [0, 0.05) is 24.9 Å². The van der Waals surface area contributed by atoms with Crippen LogP contribution in [0.4, 0.5) is 0 Å². The number of likely N-dealkylation sites (tertiary alicyclic amines) is 1. The Morgan fingerprint density at radius 3 is 2.86 bits per heavy atom.